The molecule has 0 rings (SSSR count). The van der Waals surface area contributed by atoms with Gasteiger partial charge in [0, 0.05) is 0 Å². The van der Waals surface area contributed by atoms with Gasteiger partial charge in [0.1, 0.15) is 0 Å². The molecule has 0 N–H and O–H groups in total. The summed E-state index contributed by atoms with van der Waals surface area (Å²) in [6, 6.07) is 0. The second-order valence-electron chi connectivity index (χ2n) is 11.2. The molecule has 0 amide bonds. The van der Waals surface area contributed by atoms with Gasteiger partial charge < -0.3 is 0 Å². The van der Waals surface area contributed by atoms with E-state index in [0.717, 1.165) is 0 Å². The van der Waals surface area contributed by atoms with Gasteiger partial charge in [-0.05, 0) is 33.5 Å². The second kappa shape index (κ2) is 6.93. The van der Waals surface area contributed by atoms with E-state index in [9.17, 15) is 0 Å². The van der Waals surface area contributed by atoms with Crippen molar-refractivity contribution in [2.24, 2.45) is 33.5 Å². The molecule has 0 saturated carbocycles. The summed E-state index contributed by atoms with van der Waals surface area (Å²) in [4.78, 5) is 0. The highest BCUT2D eigenvalue weighted by Crippen LogP contribution is 2.44. The molecule has 2 atom stereocenters. The van der Waals surface area contributed by atoms with Crippen molar-refractivity contribution in [2.45, 2.75) is 83.1 Å². The lowest BCUT2D eigenvalue weighted by Gasteiger charge is -2.41. The van der Waals surface area contributed by atoms with Gasteiger partial charge in [-0.25, -0.2) is 0 Å². The molecule has 0 aromatic carbocycles. The van der Waals surface area contributed by atoms with Gasteiger partial charge in [-0.3, -0.25) is 0 Å². The lowest BCUT2D eigenvalue weighted by molar-refractivity contribution is 0.141. The third kappa shape index (κ3) is 8.81. The maximum Gasteiger partial charge on any atom is -0.0117 e. The van der Waals surface area contributed by atoms with Crippen LogP contribution in [0.1, 0.15) is 83.1 Å². The number of hydrogen-bond donors (Lipinski definition) is 0. The first kappa shape index (κ1) is 21.5. The first-order valence-electron chi connectivity index (χ1n) is 8.82. The van der Waals surface area contributed by atoms with Crippen molar-refractivity contribution in [3.05, 3.63) is 24.3 Å². The number of hydrogen-bond acceptors (Lipinski definition) is 0. The van der Waals surface area contributed by atoms with Crippen molar-refractivity contribution in [3.63, 3.8) is 0 Å². The van der Waals surface area contributed by atoms with E-state index in [4.69, 9.17) is 0 Å². The quantitative estimate of drug-likeness (QED) is 0.473. The lowest BCUT2D eigenvalue weighted by atomic mass is 9.63. The molecule has 0 aromatic heterocycles. The molecule has 0 heterocycles. The number of rotatable bonds is 3. The van der Waals surface area contributed by atoms with Crippen LogP contribution in [-0.4, -0.2) is 0 Å². The average Bonchev–Trinajstić information content (AvgIpc) is 2.15. The molecule has 0 aliphatic rings. The van der Waals surface area contributed by atoms with Gasteiger partial charge >= 0.3 is 0 Å². The molecule has 0 nitrogen and oxygen atoms in total. The Labute approximate surface area is 141 Å². The van der Waals surface area contributed by atoms with Gasteiger partial charge in [0.05, 0.1) is 0 Å². The van der Waals surface area contributed by atoms with Crippen molar-refractivity contribution in [1.29, 1.82) is 0 Å². The molecule has 0 saturated heterocycles. The molecule has 0 fully saturated rings. The summed E-state index contributed by atoms with van der Waals surface area (Å²) in [6.45, 7) is 27.9. The Balaban J connectivity index is 5.79. The Morgan fingerprint density at radius 2 is 0.682 bits per heavy atom. The molecule has 0 radical (unpaired) electrons. The van der Waals surface area contributed by atoms with Gasteiger partial charge in [-0.1, -0.05) is 107 Å². The largest absolute Gasteiger partial charge is 0.0838 e. The molecular weight excluding hydrogens is 264 g/mol. The summed E-state index contributed by atoms with van der Waals surface area (Å²) >= 11 is 0. The molecule has 0 bridgehead atoms. The van der Waals surface area contributed by atoms with E-state index in [-0.39, 0.29) is 21.7 Å². The van der Waals surface area contributed by atoms with Crippen molar-refractivity contribution >= 4 is 0 Å². The van der Waals surface area contributed by atoms with E-state index in [0.29, 0.717) is 11.8 Å². The van der Waals surface area contributed by atoms with Crippen molar-refractivity contribution in [3.8, 4) is 0 Å². The van der Waals surface area contributed by atoms with Crippen LogP contribution in [0.15, 0.2) is 24.3 Å². The minimum Gasteiger partial charge on any atom is -0.0838 e. The minimum atomic E-state index is 0.236. The average molecular weight is 307 g/mol. The van der Waals surface area contributed by atoms with E-state index in [2.05, 4.69) is 107 Å². The number of allylic oxidation sites excluding steroid dienone is 4. The highest BCUT2D eigenvalue weighted by Gasteiger charge is 2.36. The fraction of sp³-hybridized carbons (Fsp3) is 0.818. The van der Waals surface area contributed by atoms with Crippen LogP contribution in [-0.2, 0) is 0 Å². The van der Waals surface area contributed by atoms with Crippen molar-refractivity contribution in [2.75, 3.05) is 0 Å². The third-order valence-electron chi connectivity index (χ3n) is 3.99. The summed E-state index contributed by atoms with van der Waals surface area (Å²) < 4.78 is 0. The Bertz CT molecular complexity index is 340. The molecule has 0 aliphatic carbocycles. The van der Waals surface area contributed by atoms with E-state index in [1.165, 1.54) is 0 Å². The van der Waals surface area contributed by atoms with Gasteiger partial charge in [-0.15, -0.1) is 0 Å². The normalized spacial score (nSPS) is 18.2. The fourth-order valence-corrected chi connectivity index (χ4v) is 2.68. The van der Waals surface area contributed by atoms with Crippen molar-refractivity contribution < 1.29 is 0 Å². The van der Waals surface area contributed by atoms with Crippen LogP contribution in [0, 0.1) is 33.5 Å². The highest BCUT2D eigenvalue weighted by molar-refractivity contribution is 5.10. The van der Waals surface area contributed by atoms with Crippen LogP contribution in [0.3, 0.4) is 0 Å². The van der Waals surface area contributed by atoms with E-state index >= 15 is 0 Å². The molecule has 0 aliphatic heterocycles. The zero-order valence-corrected chi connectivity index (χ0v) is 17.5. The monoisotopic (exact) mass is 306 g/mol. The maximum absolute atomic E-state index is 2.48. The topological polar surface area (TPSA) is 0 Å². The van der Waals surface area contributed by atoms with Crippen molar-refractivity contribution in [1.82, 2.24) is 0 Å². The molecule has 0 heteroatoms. The second-order valence-corrected chi connectivity index (χ2v) is 11.2. The third-order valence-corrected chi connectivity index (χ3v) is 3.99. The Morgan fingerprint density at radius 3 is 0.818 bits per heavy atom. The first-order chi connectivity index (χ1) is 9.43. The molecule has 0 spiro atoms. The minimum absolute atomic E-state index is 0.236. The zero-order chi connectivity index (χ0) is 18.0. The zero-order valence-electron chi connectivity index (χ0n) is 17.5. The Kier molecular flexibility index (Phi) is 6.77. The predicted molar refractivity (Wildman–Crippen MR) is 103 cm³/mol. The summed E-state index contributed by atoms with van der Waals surface area (Å²) in [5.41, 5.74) is 0.975. The molecule has 130 valence electrons. The SMILES string of the molecule is CC(C)(C)/C=C/[C@H]([C@H](/C=C/C(C)(C)C)C(C)(C)C)C(C)(C)C. The van der Waals surface area contributed by atoms with Crippen LogP contribution in [0.4, 0.5) is 0 Å². The van der Waals surface area contributed by atoms with Crippen LogP contribution in [0.2, 0.25) is 0 Å². The first-order valence-corrected chi connectivity index (χ1v) is 8.82. The van der Waals surface area contributed by atoms with Gasteiger partial charge in [-0.2, -0.15) is 0 Å². The smallest absolute Gasteiger partial charge is 0.0117 e. The van der Waals surface area contributed by atoms with E-state index in [1.807, 2.05) is 0 Å². The maximum atomic E-state index is 2.48. The predicted octanol–water partition coefficient (Wildman–Crippen LogP) is 7.52. The molecular formula is C22H42. The fourth-order valence-electron chi connectivity index (χ4n) is 2.68. The Hall–Kier alpha value is -0.520. The van der Waals surface area contributed by atoms with Gasteiger partial charge in [0.15, 0.2) is 0 Å². The van der Waals surface area contributed by atoms with Crippen LogP contribution < -0.4 is 0 Å². The van der Waals surface area contributed by atoms with Crippen LogP contribution in [0.25, 0.3) is 0 Å². The standard InChI is InChI=1S/C22H42/c1-19(2,3)15-13-17(21(7,8)9)18(22(10,11)12)14-16-20(4,5)6/h13-18H,1-12H3/b15-13+,16-14+/t17-,18+. The van der Waals surface area contributed by atoms with Crippen LogP contribution in [0.5, 0.6) is 0 Å². The summed E-state index contributed by atoms with van der Waals surface area (Å²) in [7, 11) is 0. The molecule has 0 unspecified atom stereocenters. The summed E-state index contributed by atoms with van der Waals surface area (Å²) in [5, 5.41) is 0. The molecule has 0 aromatic rings. The summed E-state index contributed by atoms with van der Waals surface area (Å²) in [6.07, 6.45) is 9.74. The Morgan fingerprint density at radius 1 is 0.455 bits per heavy atom. The van der Waals surface area contributed by atoms with Crippen LogP contribution >= 0.6 is 0 Å². The molecule has 22 heavy (non-hydrogen) atoms. The van der Waals surface area contributed by atoms with Gasteiger partial charge in [0.25, 0.3) is 0 Å². The van der Waals surface area contributed by atoms with Gasteiger partial charge in [0.2, 0.25) is 0 Å². The highest BCUT2D eigenvalue weighted by atomic mass is 14.4. The lowest BCUT2D eigenvalue weighted by Crippen LogP contribution is -2.34. The van der Waals surface area contributed by atoms with E-state index < -0.39 is 0 Å². The summed E-state index contributed by atoms with van der Waals surface area (Å²) in [5.74, 6) is 1.07. The van der Waals surface area contributed by atoms with E-state index in [1.54, 1.807) is 0 Å².